The lowest BCUT2D eigenvalue weighted by Gasteiger charge is -2.12. The molecule has 0 fully saturated rings. The van der Waals surface area contributed by atoms with Crippen molar-refractivity contribution in [1.82, 2.24) is 15.2 Å². The lowest BCUT2D eigenvalue weighted by atomic mass is 10.2. The fourth-order valence-corrected chi connectivity index (χ4v) is 1.36. The summed E-state index contributed by atoms with van der Waals surface area (Å²) in [6.45, 7) is 0.638. The van der Waals surface area contributed by atoms with Gasteiger partial charge >= 0.3 is 0 Å². The molecule has 100 valence electrons. The minimum atomic E-state index is -0.448. The Hall–Kier alpha value is -2.39. The molecular formula is C13H16N4O2. The Labute approximate surface area is 112 Å². The summed E-state index contributed by atoms with van der Waals surface area (Å²) in [4.78, 5) is 17.3. The molecule has 1 aromatic rings. The molecule has 1 aromatic heterocycles. The molecule has 0 saturated carbocycles. The van der Waals surface area contributed by atoms with Crippen molar-refractivity contribution in [3.05, 3.63) is 41.9 Å². The van der Waals surface area contributed by atoms with Crippen LogP contribution in [0.25, 0.3) is 0 Å². The molecule has 6 heteroatoms. The third-order valence-electron chi connectivity index (χ3n) is 2.34. The van der Waals surface area contributed by atoms with Crippen molar-refractivity contribution in [3.63, 3.8) is 0 Å². The topological polar surface area (TPSA) is 89.3 Å². The molecule has 0 aromatic carbocycles. The quantitative estimate of drug-likeness (QED) is 0.556. The van der Waals surface area contributed by atoms with Crippen LogP contribution in [-0.2, 0) is 11.3 Å². The summed E-state index contributed by atoms with van der Waals surface area (Å²) < 4.78 is 0. The van der Waals surface area contributed by atoms with Crippen molar-refractivity contribution in [2.45, 2.75) is 6.54 Å². The number of carbonyl (C=O) groups is 1. The molecule has 0 bridgehead atoms. The van der Waals surface area contributed by atoms with Crippen LogP contribution in [-0.4, -0.2) is 41.1 Å². The Morgan fingerprint density at radius 3 is 3.05 bits per heavy atom. The normalized spacial score (nSPS) is 10.7. The van der Waals surface area contributed by atoms with Gasteiger partial charge < -0.3 is 15.3 Å². The summed E-state index contributed by atoms with van der Waals surface area (Å²) in [7, 11) is 1.68. The second-order valence-corrected chi connectivity index (χ2v) is 3.90. The van der Waals surface area contributed by atoms with Gasteiger partial charge in [0.25, 0.3) is 5.91 Å². The molecule has 0 unspecified atom stereocenters. The molecule has 19 heavy (non-hydrogen) atoms. The number of aliphatic hydroxyl groups excluding tert-OH is 1. The number of nitrogens with zero attached hydrogens (tertiary/aromatic N) is 3. The van der Waals surface area contributed by atoms with Crippen LogP contribution in [0.1, 0.15) is 5.56 Å². The van der Waals surface area contributed by atoms with E-state index in [1.54, 1.807) is 30.4 Å². The van der Waals surface area contributed by atoms with Gasteiger partial charge in [-0.2, -0.15) is 5.26 Å². The second-order valence-electron chi connectivity index (χ2n) is 3.90. The maximum atomic E-state index is 11.8. The number of hydrogen-bond donors (Lipinski definition) is 2. The Bertz CT molecular complexity index is 479. The number of hydrogen-bond acceptors (Lipinski definition) is 5. The van der Waals surface area contributed by atoms with Crippen molar-refractivity contribution in [3.8, 4) is 6.07 Å². The number of carbonyl (C=O) groups excluding carboxylic acids is 1. The van der Waals surface area contributed by atoms with Gasteiger partial charge in [-0.1, -0.05) is 6.07 Å². The fraction of sp³-hybridized carbons (Fsp3) is 0.308. The molecule has 0 aliphatic rings. The van der Waals surface area contributed by atoms with Crippen LogP contribution in [0.3, 0.4) is 0 Å². The number of rotatable bonds is 6. The first-order valence-corrected chi connectivity index (χ1v) is 5.77. The Morgan fingerprint density at radius 1 is 1.68 bits per heavy atom. The molecule has 1 heterocycles. The van der Waals surface area contributed by atoms with Gasteiger partial charge in [0.05, 0.1) is 6.61 Å². The predicted octanol–water partition coefficient (Wildman–Crippen LogP) is 0.0294. The van der Waals surface area contributed by atoms with Gasteiger partial charge in [-0.25, -0.2) is 0 Å². The predicted molar refractivity (Wildman–Crippen MR) is 69.5 cm³/mol. The van der Waals surface area contributed by atoms with Crippen LogP contribution in [0, 0.1) is 11.3 Å². The van der Waals surface area contributed by atoms with E-state index in [9.17, 15) is 4.79 Å². The monoisotopic (exact) mass is 260 g/mol. The van der Waals surface area contributed by atoms with E-state index in [2.05, 4.69) is 10.3 Å². The van der Waals surface area contributed by atoms with E-state index in [4.69, 9.17) is 10.4 Å². The van der Waals surface area contributed by atoms with Crippen LogP contribution in [0.4, 0.5) is 0 Å². The summed E-state index contributed by atoms with van der Waals surface area (Å²) in [6, 6.07) is 5.45. The summed E-state index contributed by atoms with van der Waals surface area (Å²) in [5, 5.41) is 20.3. The molecule has 0 aliphatic heterocycles. The lowest BCUT2D eigenvalue weighted by Crippen LogP contribution is -2.26. The molecule has 0 saturated heterocycles. The van der Waals surface area contributed by atoms with E-state index in [1.807, 2.05) is 12.1 Å². The van der Waals surface area contributed by atoms with Gasteiger partial charge in [-0.05, 0) is 11.6 Å². The first kappa shape index (κ1) is 14.7. The molecule has 0 aliphatic carbocycles. The van der Waals surface area contributed by atoms with Crippen molar-refractivity contribution in [1.29, 1.82) is 5.26 Å². The molecule has 1 amide bonds. The van der Waals surface area contributed by atoms with E-state index >= 15 is 0 Å². The zero-order valence-corrected chi connectivity index (χ0v) is 10.7. The van der Waals surface area contributed by atoms with E-state index in [1.165, 1.54) is 6.20 Å². The van der Waals surface area contributed by atoms with Gasteiger partial charge in [0, 0.05) is 38.7 Å². The molecule has 0 spiro atoms. The minimum absolute atomic E-state index is 0.000148. The third-order valence-corrected chi connectivity index (χ3v) is 2.34. The minimum Gasteiger partial charge on any atom is -0.395 e. The van der Waals surface area contributed by atoms with Crippen LogP contribution in [0.15, 0.2) is 36.3 Å². The van der Waals surface area contributed by atoms with E-state index in [0.29, 0.717) is 13.1 Å². The fourth-order valence-electron chi connectivity index (χ4n) is 1.36. The molecule has 6 nitrogen and oxygen atoms in total. The first-order chi connectivity index (χ1) is 9.17. The Balaban J connectivity index is 2.58. The molecule has 0 radical (unpaired) electrons. The molecule has 1 rings (SSSR count). The smallest absolute Gasteiger partial charge is 0.263 e. The zero-order chi connectivity index (χ0) is 14.1. The highest BCUT2D eigenvalue weighted by molar-refractivity contribution is 5.97. The summed E-state index contributed by atoms with van der Waals surface area (Å²) in [6.07, 6.45) is 4.71. The maximum Gasteiger partial charge on any atom is 0.263 e. The average molecular weight is 260 g/mol. The molecule has 2 N–H and O–H groups in total. The van der Waals surface area contributed by atoms with E-state index in [-0.39, 0.29) is 12.2 Å². The van der Waals surface area contributed by atoms with Crippen molar-refractivity contribution in [2.24, 2.45) is 0 Å². The van der Waals surface area contributed by atoms with Gasteiger partial charge in [0.15, 0.2) is 0 Å². The first-order valence-electron chi connectivity index (χ1n) is 5.77. The van der Waals surface area contributed by atoms with Crippen molar-refractivity contribution in [2.75, 3.05) is 20.2 Å². The van der Waals surface area contributed by atoms with Crippen LogP contribution in [0.2, 0.25) is 0 Å². The number of likely N-dealkylation sites (N-methyl/N-ethyl adjacent to an activating group) is 1. The van der Waals surface area contributed by atoms with Crippen LogP contribution < -0.4 is 5.32 Å². The highest BCUT2D eigenvalue weighted by atomic mass is 16.3. The largest absolute Gasteiger partial charge is 0.395 e. The molecule has 0 atom stereocenters. The van der Waals surface area contributed by atoms with Gasteiger partial charge in [-0.3, -0.25) is 9.78 Å². The third kappa shape index (κ3) is 5.19. The van der Waals surface area contributed by atoms with Gasteiger partial charge in [0.1, 0.15) is 11.6 Å². The van der Waals surface area contributed by atoms with Crippen molar-refractivity contribution < 1.29 is 9.90 Å². The van der Waals surface area contributed by atoms with E-state index < -0.39 is 5.91 Å². The average Bonchev–Trinajstić information content (AvgIpc) is 2.43. The summed E-state index contributed by atoms with van der Waals surface area (Å²) >= 11 is 0. The summed E-state index contributed by atoms with van der Waals surface area (Å²) in [5.74, 6) is -0.448. The molecular weight excluding hydrogens is 244 g/mol. The Morgan fingerprint density at radius 2 is 2.47 bits per heavy atom. The zero-order valence-electron chi connectivity index (χ0n) is 10.7. The van der Waals surface area contributed by atoms with Crippen LogP contribution in [0.5, 0.6) is 0 Å². The van der Waals surface area contributed by atoms with Gasteiger partial charge in [0.2, 0.25) is 0 Å². The van der Waals surface area contributed by atoms with Crippen molar-refractivity contribution >= 4 is 5.91 Å². The SMILES string of the molecule is CN(/C=C(/C#N)C(=O)NCc1cccnc1)CCO. The second kappa shape index (κ2) is 7.84. The number of pyridine rings is 1. The lowest BCUT2D eigenvalue weighted by molar-refractivity contribution is -0.117. The number of aromatic nitrogens is 1. The standard InChI is InChI=1S/C13H16N4O2/c1-17(5-6-18)10-12(7-14)13(19)16-9-11-3-2-4-15-8-11/h2-4,8,10,18H,5-6,9H2,1H3,(H,16,19)/b12-10-. The number of amides is 1. The number of aliphatic hydroxyl groups is 1. The maximum absolute atomic E-state index is 11.8. The highest BCUT2D eigenvalue weighted by Gasteiger charge is 2.09. The van der Waals surface area contributed by atoms with E-state index in [0.717, 1.165) is 5.56 Å². The number of nitriles is 1. The summed E-state index contributed by atoms with van der Waals surface area (Å²) in [5.41, 5.74) is 0.858. The highest BCUT2D eigenvalue weighted by Crippen LogP contribution is 1.99. The van der Waals surface area contributed by atoms with Crippen LogP contribution >= 0.6 is 0 Å². The van der Waals surface area contributed by atoms with Gasteiger partial charge in [-0.15, -0.1) is 0 Å². The number of nitrogens with one attached hydrogen (secondary N) is 1. The Kier molecular flexibility index (Phi) is 6.06.